The number of thioether (sulfide) groups is 1. The van der Waals surface area contributed by atoms with E-state index in [1.54, 1.807) is 0 Å². The molecule has 6 heteroatoms. The molecule has 0 aliphatic heterocycles. The van der Waals surface area contributed by atoms with E-state index in [0.29, 0.717) is 5.13 Å². The zero-order valence-corrected chi connectivity index (χ0v) is 11.6. The van der Waals surface area contributed by atoms with Crippen LogP contribution in [0.25, 0.3) is 0 Å². The molecule has 0 radical (unpaired) electrons. The number of carboxylic acid groups (broad SMARTS) is 1. The molecule has 1 heterocycles. The minimum Gasteiger partial charge on any atom is -0.477 e. The third-order valence-electron chi connectivity index (χ3n) is 2.27. The van der Waals surface area contributed by atoms with E-state index in [-0.39, 0.29) is 4.88 Å². The van der Waals surface area contributed by atoms with Crippen LogP contribution in [0.1, 0.15) is 35.4 Å². The Morgan fingerprint density at radius 3 is 2.88 bits per heavy atom. The topological polar surface area (TPSA) is 62.2 Å². The Labute approximate surface area is 110 Å². The Morgan fingerprint density at radius 1 is 1.47 bits per heavy atom. The standard InChI is InChI=1S/C11H18N2O2S2/c1-16-7-5-3-2-4-6-12-11-13-8-9(17-11)10(14)15/h8H,2-7H2,1H3,(H,12,13)(H,14,15). The van der Waals surface area contributed by atoms with Gasteiger partial charge >= 0.3 is 5.97 Å². The predicted molar refractivity (Wildman–Crippen MR) is 74.4 cm³/mol. The molecule has 0 fully saturated rings. The number of aromatic carboxylic acids is 1. The monoisotopic (exact) mass is 274 g/mol. The number of unbranched alkanes of at least 4 members (excludes halogenated alkanes) is 3. The fraction of sp³-hybridized carbons (Fsp3) is 0.636. The number of aromatic nitrogens is 1. The Hall–Kier alpha value is -0.750. The van der Waals surface area contributed by atoms with Crippen molar-refractivity contribution in [2.45, 2.75) is 25.7 Å². The van der Waals surface area contributed by atoms with Crippen molar-refractivity contribution in [2.75, 3.05) is 23.9 Å². The van der Waals surface area contributed by atoms with Crippen LogP contribution >= 0.6 is 23.1 Å². The van der Waals surface area contributed by atoms with Gasteiger partial charge in [0, 0.05) is 6.54 Å². The Morgan fingerprint density at radius 2 is 2.24 bits per heavy atom. The maximum Gasteiger partial charge on any atom is 0.347 e. The van der Waals surface area contributed by atoms with Crippen LogP contribution in [0.3, 0.4) is 0 Å². The van der Waals surface area contributed by atoms with Gasteiger partial charge in [-0.05, 0) is 24.9 Å². The molecule has 0 spiro atoms. The zero-order chi connectivity index (χ0) is 12.5. The van der Waals surface area contributed by atoms with Gasteiger partial charge in [-0.2, -0.15) is 11.8 Å². The van der Waals surface area contributed by atoms with Crippen molar-refractivity contribution in [1.82, 2.24) is 4.98 Å². The van der Waals surface area contributed by atoms with Crippen molar-refractivity contribution in [3.63, 3.8) is 0 Å². The van der Waals surface area contributed by atoms with E-state index in [0.717, 1.165) is 13.0 Å². The van der Waals surface area contributed by atoms with Crippen LogP contribution in [0.15, 0.2) is 6.20 Å². The number of nitrogens with one attached hydrogen (secondary N) is 1. The molecule has 0 unspecified atom stereocenters. The molecule has 2 N–H and O–H groups in total. The van der Waals surface area contributed by atoms with Crippen molar-refractivity contribution >= 4 is 34.2 Å². The summed E-state index contributed by atoms with van der Waals surface area (Å²) in [6.07, 6.45) is 8.39. The first kappa shape index (κ1) is 14.3. The number of hydrogen-bond acceptors (Lipinski definition) is 5. The normalized spacial score (nSPS) is 10.4. The second-order valence-electron chi connectivity index (χ2n) is 3.67. The van der Waals surface area contributed by atoms with Gasteiger partial charge < -0.3 is 10.4 Å². The van der Waals surface area contributed by atoms with Crippen molar-refractivity contribution in [3.8, 4) is 0 Å². The second-order valence-corrected chi connectivity index (χ2v) is 5.68. The third kappa shape index (κ3) is 5.93. The van der Waals surface area contributed by atoms with Crippen LogP contribution in [0.5, 0.6) is 0 Å². The van der Waals surface area contributed by atoms with Gasteiger partial charge in [-0.3, -0.25) is 0 Å². The van der Waals surface area contributed by atoms with Gasteiger partial charge in [0.25, 0.3) is 0 Å². The molecule has 17 heavy (non-hydrogen) atoms. The Kier molecular flexibility index (Phi) is 7.04. The van der Waals surface area contributed by atoms with Gasteiger partial charge in [0.05, 0.1) is 6.20 Å². The highest BCUT2D eigenvalue weighted by molar-refractivity contribution is 7.98. The molecule has 0 amide bonds. The van der Waals surface area contributed by atoms with Crippen LogP contribution < -0.4 is 5.32 Å². The highest BCUT2D eigenvalue weighted by Gasteiger charge is 2.07. The first-order valence-electron chi connectivity index (χ1n) is 5.66. The summed E-state index contributed by atoms with van der Waals surface area (Å²) in [5.41, 5.74) is 0. The van der Waals surface area contributed by atoms with Crippen molar-refractivity contribution in [3.05, 3.63) is 11.1 Å². The number of rotatable bonds is 9. The zero-order valence-electron chi connectivity index (χ0n) is 9.94. The molecule has 0 aliphatic rings. The molecule has 1 rings (SSSR count). The number of anilines is 1. The molecule has 0 bridgehead atoms. The number of nitrogens with zero attached hydrogens (tertiary/aromatic N) is 1. The molecule has 96 valence electrons. The van der Waals surface area contributed by atoms with E-state index >= 15 is 0 Å². The lowest BCUT2D eigenvalue weighted by molar-refractivity contribution is 0.0702. The highest BCUT2D eigenvalue weighted by atomic mass is 32.2. The molecule has 0 aromatic carbocycles. The summed E-state index contributed by atoms with van der Waals surface area (Å²) in [6.45, 7) is 0.867. The van der Waals surface area contributed by atoms with Crippen molar-refractivity contribution in [1.29, 1.82) is 0 Å². The summed E-state index contributed by atoms with van der Waals surface area (Å²) in [4.78, 5) is 14.9. The average Bonchev–Trinajstić information content (AvgIpc) is 2.77. The summed E-state index contributed by atoms with van der Waals surface area (Å²) in [7, 11) is 0. The van der Waals surface area contributed by atoms with Crippen LogP contribution in [-0.2, 0) is 0 Å². The van der Waals surface area contributed by atoms with Crippen LogP contribution in [0, 0.1) is 0 Å². The van der Waals surface area contributed by atoms with E-state index in [4.69, 9.17) is 5.11 Å². The van der Waals surface area contributed by atoms with E-state index in [1.165, 1.54) is 42.5 Å². The minimum atomic E-state index is -0.910. The highest BCUT2D eigenvalue weighted by Crippen LogP contribution is 2.17. The minimum absolute atomic E-state index is 0.285. The van der Waals surface area contributed by atoms with Crippen LogP contribution in [0.2, 0.25) is 0 Å². The molecular weight excluding hydrogens is 256 g/mol. The quantitative estimate of drug-likeness (QED) is 0.677. The van der Waals surface area contributed by atoms with Gasteiger partial charge in [-0.15, -0.1) is 0 Å². The predicted octanol–water partition coefficient (Wildman–Crippen LogP) is 3.18. The van der Waals surface area contributed by atoms with Gasteiger partial charge in [0.2, 0.25) is 0 Å². The summed E-state index contributed by atoms with van der Waals surface area (Å²) in [5, 5.41) is 12.6. The second kappa shape index (κ2) is 8.36. The van der Waals surface area contributed by atoms with Gasteiger partial charge in [0.1, 0.15) is 4.88 Å². The van der Waals surface area contributed by atoms with E-state index in [1.807, 2.05) is 11.8 Å². The van der Waals surface area contributed by atoms with E-state index in [9.17, 15) is 4.79 Å². The van der Waals surface area contributed by atoms with Gasteiger partial charge in [-0.1, -0.05) is 24.2 Å². The number of thiazole rings is 1. The number of carboxylic acids is 1. The molecule has 1 aromatic heterocycles. The SMILES string of the molecule is CSCCCCCCNc1ncc(C(=O)O)s1. The molecule has 0 atom stereocenters. The van der Waals surface area contributed by atoms with Crippen LogP contribution in [0.4, 0.5) is 5.13 Å². The first-order valence-corrected chi connectivity index (χ1v) is 7.87. The number of hydrogen-bond donors (Lipinski definition) is 2. The Balaban J connectivity index is 2.07. The fourth-order valence-corrected chi connectivity index (χ4v) is 2.55. The summed E-state index contributed by atoms with van der Waals surface area (Å²) < 4.78 is 0. The van der Waals surface area contributed by atoms with Crippen molar-refractivity contribution < 1.29 is 9.90 Å². The van der Waals surface area contributed by atoms with Crippen LogP contribution in [-0.4, -0.2) is 34.6 Å². The molecule has 0 saturated heterocycles. The number of carbonyl (C=O) groups is 1. The summed E-state index contributed by atoms with van der Waals surface area (Å²) in [6, 6.07) is 0. The molecule has 4 nitrogen and oxygen atoms in total. The summed E-state index contributed by atoms with van der Waals surface area (Å²) >= 11 is 3.08. The van der Waals surface area contributed by atoms with E-state index < -0.39 is 5.97 Å². The molecule has 1 aromatic rings. The Bertz CT molecular complexity index is 342. The maximum absolute atomic E-state index is 10.6. The van der Waals surface area contributed by atoms with Gasteiger partial charge in [-0.25, -0.2) is 9.78 Å². The fourth-order valence-electron chi connectivity index (χ4n) is 1.37. The first-order chi connectivity index (χ1) is 8.24. The molecule has 0 aliphatic carbocycles. The van der Waals surface area contributed by atoms with Gasteiger partial charge in [0.15, 0.2) is 5.13 Å². The maximum atomic E-state index is 10.6. The average molecular weight is 274 g/mol. The smallest absolute Gasteiger partial charge is 0.347 e. The molecule has 0 saturated carbocycles. The van der Waals surface area contributed by atoms with E-state index in [2.05, 4.69) is 16.6 Å². The van der Waals surface area contributed by atoms with Crippen molar-refractivity contribution in [2.24, 2.45) is 0 Å². The third-order valence-corrected chi connectivity index (χ3v) is 3.91. The lowest BCUT2D eigenvalue weighted by atomic mass is 10.2. The summed E-state index contributed by atoms with van der Waals surface area (Å²) in [5.74, 6) is 0.328. The lowest BCUT2D eigenvalue weighted by Crippen LogP contribution is -2.00. The largest absolute Gasteiger partial charge is 0.477 e. The lowest BCUT2D eigenvalue weighted by Gasteiger charge is -2.02. The molecular formula is C11H18N2O2S2.